The van der Waals surface area contributed by atoms with E-state index in [4.69, 9.17) is 9.47 Å². The lowest BCUT2D eigenvalue weighted by atomic mass is 10.1. The van der Waals surface area contributed by atoms with E-state index in [2.05, 4.69) is 12.2 Å². The van der Waals surface area contributed by atoms with Crippen molar-refractivity contribution in [2.45, 2.75) is 33.3 Å². The number of nitriles is 1. The number of aryl methyl sites for hydroxylation is 1. The number of esters is 1. The molecular weight excluding hydrogens is 368 g/mol. The predicted molar refractivity (Wildman–Crippen MR) is 111 cm³/mol. The maximum absolute atomic E-state index is 12.4. The zero-order valence-corrected chi connectivity index (χ0v) is 16.8. The molecule has 0 saturated heterocycles. The highest BCUT2D eigenvalue weighted by atomic mass is 16.6. The lowest BCUT2D eigenvalue weighted by Crippen LogP contribution is -2.18. The number of carbonyl (C=O) groups is 2. The quantitative estimate of drug-likeness (QED) is 0.415. The Kier molecular flexibility index (Phi) is 7.99. The average Bonchev–Trinajstić information content (AvgIpc) is 2.71. The van der Waals surface area contributed by atoms with Gasteiger partial charge < -0.3 is 14.8 Å². The number of ether oxygens (including phenoxy) is 2. The fourth-order valence-electron chi connectivity index (χ4n) is 2.44. The van der Waals surface area contributed by atoms with Gasteiger partial charge in [0.2, 0.25) is 0 Å². The molecule has 2 aromatic carbocycles. The molecule has 6 heteroatoms. The Balaban J connectivity index is 1.99. The van der Waals surface area contributed by atoms with E-state index in [0.717, 1.165) is 6.42 Å². The van der Waals surface area contributed by atoms with Crippen LogP contribution in [0.4, 0.5) is 5.69 Å². The van der Waals surface area contributed by atoms with Crippen LogP contribution in [0.1, 0.15) is 31.9 Å². The molecule has 0 aromatic heterocycles. The molecular formula is C23H24N2O4. The summed E-state index contributed by atoms with van der Waals surface area (Å²) >= 11 is 0. The fraction of sp³-hybridized carbons (Fsp3) is 0.261. The molecule has 1 N–H and O–H groups in total. The van der Waals surface area contributed by atoms with Gasteiger partial charge in [0.05, 0.1) is 6.10 Å². The molecule has 1 amide bonds. The lowest BCUT2D eigenvalue weighted by Gasteiger charge is -2.09. The third kappa shape index (κ3) is 7.15. The molecule has 6 nitrogen and oxygen atoms in total. The predicted octanol–water partition coefficient (Wildman–Crippen LogP) is 4.13. The molecule has 0 aliphatic heterocycles. The first-order chi connectivity index (χ1) is 13.9. The van der Waals surface area contributed by atoms with Crippen LogP contribution in [0.5, 0.6) is 5.75 Å². The summed E-state index contributed by atoms with van der Waals surface area (Å²) in [5.74, 6) is -0.435. The van der Waals surface area contributed by atoms with Crippen LogP contribution >= 0.6 is 0 Å². The number of hydrogen-bond donors (Lipinski definition) is 1. The largest absolute Gasteiger partial charge is 0.482 e. The molecule has 0 aliphatic rings. The van der Waals surface area contributed by atoms with Gasteiger partial charge in [-0.25, -0.2) is 4.79 Å². The Hall–Kier alpha value is -3.59. The molecule has 0 saturated carbocycles. The molecule has 0 heterocycles. The third-order valence-corrected chi connectivity index (χ3v) is 3.90. The number of carbonyl (C=O) groups excluding carboxylic acids is 2. The lowest BCUT2D eigenvalue weighted by molar-refractivity contribution is -0.149. The summed E-state index contributed by atoms with van der Waals surface area (Å²) in [7, 11) is 0. The molecule has 2 rings (SSSR count). The Morgan fingerprint density at radius 3 is 2.31 bits per heavy atom. The minimum Gasteiger partial charge on any atom is -0.482 e. The average molecular weight is 392 g/mol. The van der Waals surface area contributed by atoms with Crippen LogP contribution in [0.2, 0.25) is 0 Å². The van der Waals surface area contributed by atoms with Crippen LogP contribution < -0.4 is 10.1 Å². The molecule has 0 unspecified atom stereocenters. The Labute approximate surface area is 170 Å². The normalized spacial score (nSPS) is 10.9. The van der Waals surface area contributed by atoms with Crippen LogP contribution in [0.15, 0.2) is 54.1 Å². The first kappa shape index (κ1) is 21.7. The van der Waals surface area contributed by atoms with Crippen molar-refractivity contribution in [1.82, 2.24) is 0 Å². The summed E-state index contributed by atoms with van der Waals surface area (Å²) in [4.78, 5) is 23.9. The highest BCUT2D eigenvalue weighted by Crippen LogP contribution is 2.16. The van der Waals surface area contributed by atoms with Crippen molar-refractivity contribution in [3.63, 3.8) is 0 Å². The molecule has 0 radical (unpaired) electrons. The first-order valence-electron chi connectivity index (χ1n) is 9.35. The van der Waals surface area contributed by atoms with Gasteiger partial charge in [0.1, 0.15) is 17.4 Å². The Bertz CT molecular complexity index is 907. The van der Waals surface area contributed by atoms with Gasteiger partial charge in [0.25, 0.3) is 5.91 Å². The zero-order valence-electron chi connectivity index (χ0n) is 16.8. The van der Waals surface area contributed by atoms with Crippen LogP contribution in [0, 0.1) is 11.3 Å². The monoisotopic (exact) mass is 392 g/mol. The van der Waals surface area contributed by atoms with E-state index in [-0.39, 0.29) is 18.3 Å². The summed E-state index contributed by atoms with van der Waals surface area (Å²) in [6, 6.07) is 16.1. The number of amides is 1. The Morgan fingerprint density at radius 1 is 1.10 bits per heavy atom. The number of nitrogens with zero attached hydrogens (tertiary/aromatic N) is 1. The Morgan fingerprint density at radius 2 is 1.76 bits per heavy atom. The standard InChI is InChI=1S/C23H24N2O4/c1-4-17-5-9-20(10-6-17)25-23(27)19(14-24)13-18-7-11-21(12-8-18)28-15-22(26)29-16(2)3/h5-13,16H,4,15H2,1-3H3,(H,25,27)/b19-13-. The van der Waals surface area contributed by atoms with E-state index in [1.54, 1.807) is 38.1 Å². The van der Waals surface area contributed by atoms with Gasteiger partial charge >= 0.3 is 5.97 Å². The zero-order chi connectivity index (χ0) is 21.2. The maximum atomic E-state index is 12.4. The molecule has 0 spiro atoms. The highest BCUT2D eigenvalue weighted by Gasteiger charge is 2.10. The number of hydrogen-bond acceptors (Lipinski definition) is 5. The van der Waals surface area contributed by atoms with Crippen molar-refractivity contribution in [2.24, 2.45) is 0 Å². The molecule has 0 fully saturated rings. The second-order valence-corrected chi connectivity index (χ2v) is 6.57. The van der Waals surface area contributed by atoms with Crippen LogP contribution in [0.3, 0.4) is 0 Å². The number of rotatable bonds is 8. The number of nitrogens with one attached hydrogen (secondary N) is 1. The van der Waals surface area contributed by atoms with E-state index < -0.39 is 11.9 Å². The molecule has 29 heavy (non-hydrogen) atoms. The molecule has 150 valence electrons. The van der Waals surface area contributed by atoms with Gasteiger partial charge in [0, 0.05) is 5.69 Å². The fourth-order valence-corrected chi connectivity index (χ4v) is 2.44. The van der Waals surface area contributed by atoms with E-state index in [9.17, 15) is 14.9 Å². The smallest absolute Gasteiger partial charge is 0.344 e. The second kappa shape index (κ2) is 10.7. The van der Waals surface area contributed by atoms with E-state index in [1.807, 2.05) is 30.3 Å². The summed E-state index contributed by atoms with van der Waals surface area (Å²) in [5.41, 5.74) is 2.44. The third-order valence-electron chi connectivity index (χ3n) is 3.90. The minimum atomic E-state index is -0.478. The van der Waals surface area contributed by atoms with Crippen molar-refractivity contribution in [1.29, 1.82) is 5.26 Å². The van der Waals surface area contributed by atoms with Crippen LogP contribution in [-0.4, -0.2) is 24.6 Å². The second-order valence-electron chi connectivity index (χ2n) is 6.57. The van der Waals surface area contributed by atoms with Gasteiger partial charge in [0.15, 0.2) is 6.61 Å². The van der Waals surface area contributed by atoms with Gasteiger partial charge in [-0.2, -0.15) is 5.26 Å². The number of benzene rings is 2. The van der Waals surface area contributed by atoms with Gasteiger partial charge in [-0.1, -0.05) is 31.2 Å². The molecule has 0 bridgehead atoms. The number of anilines is 1. The summed E-state index contributed by atoms with van der Waals surface area (Å²) in [6.07, 6.45) is 2.21. The van der Waals surface area contributed by atoms with Crippen molar-refractivity contribution >= 4 is 23.6 Å². The van der Waals surface area contributed by atoms with Crippen molar-refractivity contribution in [3.8, 4) is 11.8 Å². The molecule has 0 atom stereocenters. The van der Waals surface area contributed by atoms with Crippen LogP contribution in [-0.2, 0) is 20.7 Å². The van der Waals surface area contributed by atoms with Crippen LogP contribution in [0.25, 0.3) is 6.08 Å². The summed E-state index contributed by atoms with van der Waals surface area (Å²) in [6.45, 7) is 5.40. The highest BCUT2D eigenvalue weighted by molar-refractivity contribution is 6.09. The first-order valence-corrected chi connectivity index (χ1v) is 9.35. The van der Waals surface area contributed by atoms with Gasteiger partial charge in [-0.3, -0.25) is 4.79 Å². The van der Waals surface area contributed by atoms with E-state index in [0.29, 0.717) is 17.0 Å². The van der Waals surface area contributed by atoms with Crippen molar-refractivity contribution < 1.29 is 19.1 Å². The molecule has 2 aromatic rings. The topological polar surface area (TPSA) is 88.4 Å². The van der Waals surface area contributed by atoms with Gasteiger partial charge in [-0.15, -0.1) is 0 Å². The summed E-state index contributed by atoms with van der Waals surface area (Å²) in [5, 5.41) is 12.1. The molecule has 0 aliphatic carbocycles. The summed E-state index contributed by atoms with van der Waals surface area (Å²) < 4.78 is 10.4. The van der Waals surface area contributed by atoms with E-state index >= 15 is 0 Å². The van der Waals surface area contributed by atoms with Crippen molar-refractivity contribution in [2.75, 3.05) is 11.9 Å². The SMILES string of the molecule is CCc1ccc(NC(=O)/C(C#N)=C\c2ccc(OCC(=O)OC(C)C)cc2)cc1. The maximum Gasteiger partial charge on any atom is 0.344 e. The van der Waals surface area contributed by atoms with Crippen molar-refractivity contribution in [3.05, 3.63) is 65.2 Å². The minimum absolute atomic E-state index is 0.0150. The van der Waals surface area contributed by atoms with Gasteiger partial charge in [-0.05, 0) is 61.7 Å². The van der Waals surface area contributed by atoms with E-state index in [1.165, 1.54) is 11.6 Å².